The topological polar surface area (TPSA) is 68.5 Å². The van der Waals surface area contributed by atoms with Gasteiger partial charge in [0.1, 0.15) is 5.75 Å². The second-order valence-electron chi connectivity index (χ2n) is 6.37. The normalized spacial score (nSPS) is 14.1. The molecule has 1 aromatic heterocycles. The van der Waals surface area contributed by atoms with E-state index >= 15 is 0 Å². The van der Waals surface area contributed by atoms with Crippen molar-refractivity contribution in [3.63, 3.8) is 0 Å². The van der Waals surface area contributed by atoms with Gasteiger partial charge in [0, 0.05) is 18.7 Å². The molecule has 132 valence electrons. The number of rotatable bonds is 5. The van der Waals surface area contributed by atoms with Crippen LogP contribution in [-0.4, -0.2) is 40.6 Å². The van der Waals surface area contributed by atoms with Crippen LogP contribution in [0.1, 0.15) is 17.4 Å². The molecule has 0 atom stereocenters. The van der Waals surface area contributed by atoms with Crippen LogP contribution in [0.15, 0.2) is 59.1 Å². The van der Waals surface area contributed by atoms with Gasteiger partial charge in [0.05, 0.1) is 5.92 Å². The van der Waals surface area contributed by atoms with Crippen molar-refractivity contribution in [3.8, 4) is 17.1 Å². The Labute approximate surface area is 151 Å². The third-order valence-electron chi connectivity index (χ3n) is 4.50. The minimum atomic E-state index is -0.0349. The van der Waals surface area contributed by atoms with Crippen LogP contribution in [-0.2, 0) is 4.79 Å². The number of aromatic nitrogens is 2. The maximum Gasteiger partial charge on any atom is 0.260 e. The highest BCUT2D eigenvalue weighted by molar-refractivity contribution is 5.78. The third-order valence-corrected chi connectivity index (χ3v) is 4.50. The van der Waals surface area contributed by atoms with Crippen LogP contribution in [0.3, 0.4) is 0 Å². The second-order valence-corrected chi connectivity index (χ2v) is 6.37. The predicted molar refractivity (Wildman–Crippen MR) is 95.7 cm³/mol. The average Bonchev–Trinajstić information content (AvgIpc) is 3.10. The van der Waals surface area contributed by atoms with Gasteiger partial charge in [-0.2, -0.15) is 4.98 Å². The van der Waals surface area contributed by atoms with Crippen molar-refractivity contribution < 1.29 is 14.1 Å². The number of carbonyl (C=O) groups excluding carboxylic acids is 1. The van der Waals surface area contributed by atoms with Gasteiger partial charge < -0.3 is 14.2 Å². The smallest absolute Gasteiger partial charge is 0.260 e. The van der Waals surface area contributed by atoms with Gasteiger partial charge in [0.15, 0.2) is 6.61 Å². The Hall–Kier alpha value is -3.15. The number of hydrogen-bond acceptors (Lipinski definition) is 5. The summed E-state index contributed by atoms with van der Waals surface area (Å²) in [6, 6.07) is 17.4. The molecule has 6 heteroatoms. The monoisotopic (exact) mass is 349 g/mol. The molecule has 0 spiro atoms. The number of para-hydroxylation sites is 1. The van der Waals surface area contributed by atoms with Crippen LogP contribution in [0.5, 0.6) is 5.75 Å². The molecule has 3 aromatic rings. The fourth-order valence-corrected chi connectivity index (χ4v) is 2.89. The molecule has 0 unspecified atom stereocenters. The van der Waals surface area contributed by atoms with E-state index in [4.69, 9.17) is 9.26 Å². The summed E-state index contributed by atoms with van der Waals surface area (Å²) in [7, 11) is 0. The molecule has 4 rings (SSSR count). The summed E-state index contributed by atoms with van der Waals surface area (Å²) in [6.45, 7) is 3.15. The maximum atomic E-state index is 12.2. The van der Waals surface area contributed by atoms with E-state index in [0.29, 0.717) is 24.8 Å². The lowest BCUT2D eigenvalue weighted by atomic mass is 10.0. The Morgan fingerprint density at radius 2 is 1.88 bits per heavy atom. The van der Waals surface area contributed by atoms with Crippen LogP contribution >= 0.6 is 0 Å². The number of ether oxygens (including phenoxy) is 1. The highest BCUT2D eigenvalue weighted by Gasteiger charge is 2.35. The molecule has 2 aromatic carbocycles. The van der Waals surface area contributed by atoms with Crippen molar-refractivity contribution in [1.29, 1.82) is 0 Å². The molecule has 0 bridgehead atoms. The van der Waals surface area contributed by atoms with Gasteiger partial charge in [-0.05, 0) is 18.6 Å². The molecular formula is C20H19N3O3. The van der Waals surface area contributed by atoms with Gasteiger partial charge in [-0.15, -0.1) is 0 Å². The van der Waals surface area contributed by atoms with E-state index in [9.17, 15) is 4.79 Å². The quantitative estimate of drug-likeness (QED) is 0.708. The van der Waals surface area contributed by atoms with Crippen molar-refractivity contribution in [1.82, 2.24) is 15.0 Å². The lowest BCUT2D eigenvalue weighted by Gasteiger charge is -2.36. The molecule has 1 amide bonds. The van der Waals surface area contributed by atoms with Crippen molar-refractivity contribution in [2.45, 2.75) is 12.8 Å². The highest BCUT2D eigenvalue weighted by Crippen LogP contribution is 2.28. The van der Waals surface area contributed by atoms with Crippen LogP contribution in [0.4, 0.5) is 0 Å². The van der Waals surface area contributed by atoms with Crippen LogP contribution in [0.2, 0.25) is 0 Å². The Morgan fingerprint density at radius 1 is 1.15 bits per heavy atom. The van der Waals surface area contributed by atoms with E-state index in [1.165, 1.54) is 0 Å². The number of amides is 1. The van der Waals surface area contributed by atoms with E-state index in [2.05, 4.69) is 10.1 Å². The van der Waals surface area contributed by atoms with Crippen molar-refractivity contribution in [2.24, 2.45) is 0 Å². The Morgan fingerprint density at radius 3 is 2.65 bits per heavy atom. The number of aryl methyl sites for hydroxylation is 1. The van der Waals surface area contributed by atoms with Gasteiger partial charge in [0.2, 0.25) is 11.7 Å². The summed E-state index contributed by atoms with van der Waals surface area (Å²) in [5, 5.41) is 4.03. The average molecular weight is 349 g/mol. The molecule has 2 heterocycles. The molecular weight excluding hydrogens is 330 g/mol. The van der Waals surface area contributed by atoms with Gasteiger partial charge >= 0.3 is 0 Å². The summed E-state index contributed by atoms with van der Waals surface area (Å²) in [5.41, 5.74) is 1.93. The molecule has 26 heavy (non-hydrogen) atoms. The summed E-state index contributed by atoms with van der Waals surface area (Å²) in [5.74, 6) is 1.94. The molecule has 1 aliphatic heterocycles. The molecule has 1 aliphatic rings. The highest BCUT2D eigenvalue weighted by atomic mass is 16.5. The number of hydrogen-bond donors (Lipinski definition) is 0. The Kier molecular flexibility index (Phi) is 4.39. The standard InChI is InChI=1S/C20H19N3O3/c1-14-7-5-6-10-17(14)25-13-18(24)23-11-16(12-23)20-21-19(22-26-20)15-8-3-2-4-9-15/h2-10,16H,11-13H2,1H3. The van der Waals surface area contributed by atoms with Crippen molar-refractivity contribution >= 4 is 5.91 Å². The summed E-state index contributed by atoms with van der Waals surface area (Å²) in [6.07, 6.45) is 0. The van der Waals surface area contributed by atoms with Crippen LogP contribution < -0.4 is 4.74 Å². The molecule has 0 saturated carbocycles. The fourth-order valence-electron chi connectivity index (χ4n) is 2.89. The second kappa shape index (κ2) is 7.00. The molecule has 1 fully saturated rings. The maximum absolute atomic E-state index is 12.2. The van der Waals surface area contributed by atoms with Gasteiger partial charge in [-0.1, -0.05) is 53.7 Å². The van der Waals surface area contributed by atoms with Crippen LogP contribution in [0.25, 0.3) is 11.4 Å². The minimum absolute atomic E-state index is 0.0349. The minimum Gasteiger partial charge on any atom is -0.484 e. The lowest BCUT2D eigenvalue weighted by molar-refractivity contribution is -0.138. The van der Waals surface area contributed by atoms with E-state index in [0.717, 1.165) is 16.9 Å². The Balaban J connectivity index is 1.31. The predicted octanol–water partition coefficient (Wildman–Crippen LogP) is 3.05. The first-order valence-corrected chi connectivity index (χ1v) is 8.56. The van der Waals surface area contributed by atoms with E-state index in [1.54, 1.807) is 4.90 Å². The summed E-state index contributed by atoms with van der Waals surface area (Å²) in [4.78, 5) is 18.4. The SMILES string of the molecule is Cc1ccccc1OCC(=O)N1CC(c2nc(-c3ccccc3)no2)C1. The van der Waals surface area contributed by atoms with Gasteiger partial charge in [-0.25, -0.2) is 0 Å². The molecule has 0 radical (unpaired) electrons. The molecule has 1 saturated heterocycles. The van der Waals surface area contributed by atoms with Gasteiger partial charge in [0.25, 0.3) is 5.91 Å². The van der Waals surface area contributed by atoms with E-state index < -0.39 is 0 Å². The number of carbonyl (C=O) groups is 1. The van der Waals surface area contributed by atoms with Crippen molar-refractivity contribution in [2.75, 3.05) is 19.7 Å². The van der Waals surface area contributed by atoms with E-state index in [-0.39, 0.29) is 18.4 Å². The van der Waals surface area contributed by atoms with Crippen LogP contribution in [0, 0.1) is 6.92 Å². The first kappa shape index (κ1) is 16.3. The molecule has 0 aliphatic carbocycles. The molecule has 6 nitrogen and oxygen atoms in total. The third kappa shape index (κ3) is 3.31. The number of nitrogens with zero attached hydrogens (tertiary/aromatic N) is 3. The first-order chi connectivity index (χ1) is 12.7. The number of likely N-dealkylation sites (tertiary alicyclic amines) is 1. The van der Waals surface area contributed by atoms with Crippen molar-refractivity contribution in [3.05, 3.63) is 66.1 Å². The number of benzene rings is 2. The summed E-state index contributed by atoms with van der Waals surface area (Å²) < 4.78 is 11.0. The lowest BCUT2D eigenvalue weighted by Crippen LogP contribution is -2.50. The zero-order chi connectivity index (χ0) is 17.9. The fraction of sp³-hybridized carbons (Fsp3) is 0.250. The summed E-state index contributed by atoms with van der Waals surface area (Å²) >= 11 is 0. The molecule has 0 N–H and O–H groups in total. The first-order valence-electron chi connectivity index (χ1n) is 8.56. The Bertz CT molecular complexity index is 901. The van der Waals surface area contributed by atoms with Gasteiger partial charge in [-0.3, -0.25) is 4.79 Å². The zero-order valence-electron chi connectivity index (χ0n) is 14.5. The zero-order valence-corrected chi connectivity index (χ0v) is 14.5. The largest absolute Gasteiger partial charge is 0.484 e. The van der Waals surface area contributed by atoms with E-state index in [1.807, 2.05) is 61.5 Å².